The van der Waals surface area contributed by atoms with Crippen molar-refractivity contribution >= 4 is 29.7 Å². The number of guanidine groups is 1. The van der Waals surface area contributed by atoms with E-state index in [1.54, 1.807) is 0 Å². The number of carboxylic acids is 1. The highest BCUT2D eigenvalue weighted by molar-refractivity contribution is 5.94. The Morgan fingerprint density at radius 3 is 1.91 bits per heavy atom. The number of aliphatic carboxylic acids is 1. The van der Waals surface area contributed by atoms with Crippen LogP contribution in [0.25, 0.3) is 0 Å². The quantitative estimate of drug-likeness (QED) is 0.0768. The lowest BCUT2D eigenvalue weighted by Crippen LogP contribution is -2.59. The van der Waals surface area contributed by atoms with E-state index in [0.717, 1.165) is 0 Å². The van der Waals surface area contributed by atoms with Crippen LogP contribution in [0.15, 0.2) is 4.99 Å². The summed E-state index contributed by atoms with van der Waals surface area (Å²) >= 11 is 0. The van der Waals surface area contributed by atoms with E-state index in [4.69, 9.17) is 17.2 Å². The van der Waals surface area contributed by atoms with Gasteiger partial charge in [0.25, 0.3) is 0 Å². The summed E-state index contributed by atoms with van der Waals surface area (Å²) in [5, 5.41) is 26.5. The number of nitrogens with one attached hydrogen (secondary N) is 3. The van der Waals surface area contributed by atoms with Crippen LogP contribution >= 0.6 is 0 Å². The van der Waals surface area contributed by atoms with Crippen LogP contribution in [0.2, 0.25) is 0 Å². The van der Waals surface area contributed by atoms with Crippen LogP contribution in [0.5, 0.6) is 0 Å². The highest BCUT2D eigenvalue weighted by atomic mass is 16.4. The monoisotopic (exact) mass is 459 g/mol. The normalized spacial score (nSPS) is 15.6. The van der Waals surface area contributed by atoms with Gasteiger partial charge in [-0.25, -0.2) is 4.79 Å². The van der Waals surface area contributed by atoms with E-state index in [-0.39, 0.29) is 31.3 Å². The van der Waals surface area contributed by atoms with Gasteiger partial charge in [-0.1, -0.05) is 13.8 Å². The van der Waals surface area contributed by atoms with Crippen molar-refractivity contribution in [1.82, 2.24) is 16.0 Å². The number of rotatable bonds is 14. The van der Waals surface area contributed by atoms with Crippen molar-refractivity contribution in [2.45, 2.75) is 77.2 Å². The molecule has 0 rings (SSSR count). The minimum absolute atomic E-state index is 0.0279. The Hall–Kier alpha value is -2.93. The number of carbonyl (C=O) groups is 4. The van der Waals surface area contributed by atoms with E-state index in [9.17, 15) is 29.4 Å². The van der Waals surface area contributed by atoms with E-state index >= 15 is 0 Å². The van der Waals surface area contributed by atoms with E-state index in [1.807, 2.05) is 13.8 Å². The van der Waals surface area contributed by atoms with Crippen molar-refractivity contribution < 1.29 is 29.4 Å². The third kappa shape index (κ3) is 11.5. The van der Waals surface area contributed by atoms with Crippen LogP contribution in [0.4, 0.5) is 0 Å². The predicted molar refractivity (Wildman–Crippen MR) is 118 cm³/mol. The van der Waals surface area contributed by atoms with E-state index < -0.39 is 54.0 Å². The molecule has 0 bridgehead atoms. The molecule has 5 atom stereocenters. The molecule has 0 aromatic rings. The van der Waals surface area contributed by atoms with Gasteiger partial charge < -0.3 is 43.4 Å². The van der Waals surface area contributed by atoms with Crippen molar-refractivity contribution in [3.8, 4) is 0 Å². The van der Waals surface area contributed by atoms with Crippen molar-refractivity contribution in [1.29, 1.82) is 0 Å². The summed E-state index contributed by atoms with van der Waals surface area (Å²) in [6, 6.07) is -4.55. The molecule has 13 heteroatoms. The van der Waals surface area contributed by atoms with Gasteiger partial charge in [0.2, 0.25) is 17.7 Å². The van der Waals surface area contributed by atoms with Gasteiger partial charge >= 0.3 is 5.97 Å². The SMILES string of the molecule is CC(C)CC(NC(=O)C(NC(=O)C(C)N)C(C)O)C(=O)NC(CCCN=C(N)N)C(=O)O. The van der Waals surface area contributed by atoms with Crippen molar-refractivity contribution in [3.63, 3.8) is 0 Å². The smallest absolute Gasteiger partial charge is 0.326 e. The summed E-state index contributed by atoms with van der Waals surface area (Å²) < 4.78 is 0. The van der Waals surface area contributed by atoms with Gasteiger partial charge in [-0.3, -0.25) is 19.4 Å². The Morgan fingerprint density at radius 1 is 0.906 bits per heavy atom. The van der Waals surface area contributed by atoms with Crippen molar-refractivity contribution in [3.05, 3.63) is 0 Å². The number of carbonyl (C=O) groups excluding carboxylic acids is 3. The Labute approximate surface area is 187 Å². The second-order valence-electron chi connectivity index (χ2n) is 8.05. The molecule has 32 heavy (non-hydrogen) atoms. The first-order valence-electron chi connectivity index (χ1n) is 10.4. The van der Waals surface area contributed by atoms with Gasteiger partial charge in [0, 0.05) is 6.54 Å². The van der Waals surface area contributed by atoms with E-state index in [1.165, 1.54) is 13.8 Å². The average molecular weight is 460 g/mol. The van der Waals surface area contributed by atoms with Gasteiger partial charge in [-0.15, -0.1) is 0 Å². The molecule has 0 saturated heterocycles. The highest BCUT2D eigenvalue weighted by Crippen LogP contribution is 2.08. The number of aliphatic hydroxyl groups is 1. The molecule has 0 aromatic carbocycles. The van der Waals surface area contributed by atoms with Gasteiger partial charge in [-0.2, -0.15) is 0 Å². The molecule has 0 radical (unpaired) electrons. The van der Waals surface area contributed by atoms with Crippen LogP contribution in [0.3, 0.4) is 0 Å². The molecule has 0 aliphatic rings. The summed E-state index contributed by atoms with van der Waals surface area (Å²) in [5.74, 6) is -3.55. The number of aliphatic imine (C=N–C) groups is 1. The fraction of sp³-hybridized carbons (Fsp3) is 0.737. The standard InChI is InChI=1S/C19H37N7O6/c1-9(2)8-13(25-17(30)14(11(4)27)26-15(28)10(3)20)16(29)24-12(18(31)32)6-5-7-23-19(21)22/h9-14,27H,5-8,20H2,1-4H3,(H,24,29)(H,25,30)(H,26,28)(H,31,32)(H4,21,22,23). The Kier molecular flexibility index (Phi) is 12.9. The maximum atomic E-state index is 12.8. The maximum absolute atomic E-state index is 12.8. The topological polar surface area (TPSA) is 235 Å². The second kappa shape index (κ2) is 14.2. The largest absolute Gasteiger partial charge is 0.480 e. The lowest BCUT2D eigenvalue weighted by atomic mass is 10.0. The van der Waals surface area contributed by atoms with Gasteiger partial charge in [0.1, 0.15) is 18.1 Å². The lowest BCUT2D eigenvalue weighted by molar-refractivity contribution is -0.142. The van der Waals surface area contributed by atoms with Crippen LogP contribution in [0.1, 0.15) is 47.0 Å². The van der Waals surface area contributed by atoms with Crippen LogP contribution < -0.4 is 33.2 Å². The minimum atomic E-state index is -1.34. The molecular formula is C19H37N7O6. The maximum Gasteiger partial charge on any atom is 0.326 e. The summed E-state index contributed by atoms with van der Waals surface area (Å²) in [6.45, 7) is 6.56. The first-order valence-corrected chi connectivity index (χ1v) is 10.4. The summed E-state index contributed by atoms with van der Waals surface area (Å²) in [4.78, 5) is 52.6. The highest BCUT2D eigenvalue weighted by Gasteiger charge is 2.32. The zero-order valence-electron chi connectivity index (χ0n) is 19.0. The lowest BCUT2D eigenvalue weighted by Gasteiger charge is -2.27. The van der Waals surface area contributed by atoms with Gasteiger partial charge in [0.05, 0.1) is 12.1 Å². The zero-order chi connectivity index (χ0) is 25.0. The molecule has 0 spiro atoms. The fourth-order valence-corrected chi connectivity index (χ4v) is 2.69. The molecule has 13 nitrogen and oxygen atoms in total. The summed E-state index contributed by atoms with van der Waals surface area (Å²) in [7, 11) is 0. The van der Waals surface area contributed by atoms with E-state index in [0.29, 0.717) is 6.42 Å². The number of nitrogens with two attached hydrogens (primary N) is 3. The number of aliphatic hydroxyl groups excluding tert-OH is 1. The Morgan fingerprint density at radius 2 is 1.47 bits per heavy atom. The number of nitrogens with zero attached hydrogens (tertiary/aromatic N) is 1. The zero-order valence-corrected chi connectivity index (χ0v) is 19.0. The first kappa shape index (κ1) is 29.1. The molecule has 0 fully saturated rings. The molecule has 0 aliphatic heterocycles. The molecule has 0 aliphatic carbocycles. The van der Waals surface area contributed by atoms with Crippen molar-refractivity contribution in [2.24, 2.45) is 28.1 Å². The molecule has 0 saturated carbocycles. The van der Waals surface area contributed by atoms with Gasteiger partial charge in [-0.05, 0) is 39.0 Å². The number of carboxylic acid groups (broad SMARTS) is 1. The Bertz CT molecular complexity index is 677. The molecular weight excluding hydrogens is 422 g/mol. The van der Waals surface area contributed by atoms with Crippen LogP contribution in [0, 0.1) is 5.92 Å². The van der Waals surface area contributed by atoms with Crippen LogP contribution in [-0.4, -0.2) is 76.7 Å². The van der Waals surface area contributed by atoms with Crippen molar-refractivity contribution in [2.75, 3.05) is 6.54 Å². The summed E-state index contributed by atoms with van der Waals surface area (Å²) in [6.07, 6.45) is -0.682. The number of amides is 3. The summed E-state index contributed by atoms with van der Waals surface area (Å²) in [5.41, 5.74) is 15.9. The Balaban J connectivity index is 5.32. The molecule has 0 aromatic heterocycles. The molecule has 184 valence electrons. The van der Waals surface area contributed by atoms with Crippen LogP contribution in [-0.2, 0) is 19.2 Å². The fourth-order valence-electron chi connectivity index (χ4n) is 2.69. The number of hydrogen-bond acceptors (Lipinski definition) is 7. The predicted octanol–water partition coefficient (Wildman–Crippen LogP) is -2.65. The first-order chi connectivity index (χ1) is 14.8. The molecule has 3 amide bonds. The number of hydrogen-bond donors (Lipinski definition) is 8. The molecule has 11 N–H and O–H groups in total. The van der Waals surface area contributed by atoms with Gasteiger partial charge in [0.15, 0.2) is 5.96 Å². The minimum Gasteiger partial charge on any atom is -0.480 e. The third-order valence-corrected chi connectivity index (χ3v) is 4.38. The van der Waals surface area contributed by atoms with E-state index in [2.05, 4.69) is 20.9 Å². The average Bonchev–Trinajstić information content (AvgIpc) is 2.66. The second-order valence-corrected chi connectivity index (χ2v) is 8.05. The molecule has 5 unspecified atom stereocenters. The molecule has 0 heterocycles. The third-order valence-electron chi connectivity index (χ3n) is 4.38.